The first kappa shape index (κ1) is 14.7. The summed E-state index contributed by atoms with van der Waals surface area (Å²) in [4.78, 5) is 23.6. The summed E-state index contributed by atoms with van der Waals surface area (Å²) < 4.78 is 0. The normalized spacial score (nSPS) is 13.9. The number of amides is 1. The van der Waals surface area contributed by atoms with E-state index in [1.54, 1.807) is 0 Å². The fourth-order valence-corrected chi connectivity index (χ4v) is 2.41. The van der Waals surface area contributed by atoms with E-state index in [0.29, 0.717) is 6.42 Å². The molecule has 1 amide bonds. The zero-order valence-electron chi connectivity index (χ0n) is 10.3. The molecule has 1 aromatic heterocycles. The fourth-order valence-electron chi connectivity index (χ4n) is 1.64. The Balaban J connectivity index is 2.73. The Morgan fingerprint density at radius 1 is 1.56 bits per heavy atom. The highest BCUT2D eigenvalue weighted by Gasteiger charge is 2.22. The van der Waals surface area contributed by atoms with Crippen molar-refractivity contribution in [3.05, 3.63) is 22.4 Å². The Bertz CT molecular complexity index is 388. The third-order valence-corrected chi connectivity index (χ3v) is 3.72. The monoisotopic (exact) mass is 270 g/mol. The molecule has 2 atom stereocenters. The topological polar surface area (TPSA) is 92.4 Å². The molecule has 0 spiro atoms. The number of aliphatic carboxylic acids is 1. The first-order chi connectivity index (χ1) is 8.58. The third kappa shape index (κ3) is 4.12. The average molecular weight is 270 g/mol. The molecule has 0 bridgehead atoms. The Morgan fingerprint density at radius 3 is 2.72 bits per heavy atom. The van der Waals surface area contributed by atoms with E-state index in [-0.39, 0.29) is 24.8 Å². The maximum absolute atomic E-state index is 11.9. The van der Waals surface area contributed by atoms with Gasteiger partial charge in [0.15, 0.2) is 0 Å². The van der Waals surface area contributed by atoms with Crippen LogP contribution in [0.5, 0.6) is 0 Å². The SMILES string of the molecule is CCC(CN)C(=O)NC(CC(=O)O)c1cccs1. The minimum absolute atomic E-state index is 0.118. The molecule has 18 heavy (non-hydrogen) atoms. The molecule has 100 valence electrons. The van der Waals surface area contributed by atoms with E-state index in [9.17, 15) is 9.59 Å². The van der Waals surface area contributed by atoms with E-state index in [1.165, 1.54) is 11.3 Å². The first-order valence-electron chi connectivity index (χ1n) is 5.84. The molecule has 0 saturated heterocycles. The quantitative estimate of drug-likeness (QED) is 0.697. The van der Waals surface area contributed by atoms with Gasteiger partial charge in [-0.15, -0.1) is 11.3 Å². The molecule has 0 aliphatic carbocycles. The molecule has 2 unspecified atom stereocenters. The van der Waals surface area contributed by atoms with E-state index in [4.69, 9.17) is 10.8 Å². The van der Waals surface area contributed by atoms with Gasteiger partial charge in [-0.05, 0) is 17.9 Å². The lowest BCUT2D eigenvalue weighted by Gasteiger charge is -2.19. The highest BCUT2D eigenvalue weighted by atomic mass is 32.1. The van der Waals surface area contributed by atoms with Crippen LogP contribution in [0.2, 0.25) is 0 Å². The van der Waals surface area contributed by atoms with Crippen LogP contribution in [0.3, 0.4) is 0 Å². The molecule has 5 nitrogen and oxygen atoms in total. The van der Waals surface area contributed by atoms with Crippen molar-refractivity contribution in [2.24, 2.45) is 11.7 Å². The zero-order valence-corrected chi connectivity index (χ0v) is 11.1. The largest absolute Gasteiger partial charge is 0.481 e. The van der Waals surface area contributed by atoms with E-state index < -0.39 is 12.0 Å². The number of carbonyl (C=O) groups excluding carboxylic acids is 1. The molecule has 1 heterocycles. The average Bonchev–Trinajstić information content (AvgIpc) is 2.82. The summed E-state index contributed by atoms with van der Waals surface area (Å²) in [5, 5.41) is 13.5. The van der Waals surface area contributed by atoms with Gasteiger partial charge in [0.2, 0.25) is 5.91 Å². The van der Waals surface area contributed by atoms with Gasteiger partial charge < -0.3 is 16.2 Å². The summed E-state index contributed by atoms with van der Waals surface area (Å²) >= 11 is 1.43. The Morgan fingerprint density at radius 2 is 2.28 bits per heavy atom. The number of carbonyl (C=O) groups is 2. The van der Waals surface area contributed by atoms with Crippen LogP contribution < -0.4 is 11.1 Å². The van der Waals surface area contributed by atoms with Crippen molar-refractivity contribution >= 4 is 23.2 Å². The molecule has 0 aliphatic rings. The predicted molar refractivity (Wildman–Crippen MR) is 70.3 cm³/mol. The van der Waals surface area contributed by atoms with Gasteiger partial charge in [0, 0.05) is 17.3 Å². The van der Waals surface area contributed by atoms with Gasteiger partial charge in [-0.2, -0.15) is 0 Å². The molecule has 6 heteroatoms. The second kappa shape index (κ2) is 7.13. The number of carboxylic acid groups (broad SMARTS) is 1. The van der Waals surface area contributed by atoms with Crippen LogP contribution in [0.1, 0.15) is 30.7 Å². The van der Waals surface area contributed by atoms with Crippen molar-refractivity contribution in [3.8, 4) is 0 Å². The first-order valence-corrected chi connectivity index (χ1v) is 6.72. The third-order valence-electron chi connectivity index (χ3n) is 2.73. The van der Waals surface area contributed by atoms with Crippen molar-refractivity contribution < 1.29 is 14.7 Å². The van der Waals surface area contributed by atoms with E-state index in [0.717, 1.165) is 4.88 Å². The molecule has 1 rings (SSSR count). The maximum Gasteiger partial charge on any atom is 0.305 e. The lowest BCUT2D eigenvalue weighted by Crippen LogP contribution is -2.37. The van der Waals surface area contributed by atoms with Crippen molar-refractivity contribution in [2.75, 3.05) is 6.54 Å². The van der Waals surface area contributed by atoms with E-state index in [2.05, 4.69) is 5.32 Å². The van der Waals surface area contributed by atoms with Gasteiger partial charge in [-0.3, -0.25) is 9.59 Å². The van der Waals surface area contributed by atoms with Crippen LogP contribution in [0, 0.1) is 5.92 Å². The van der Waals surface area contributed by atoms with Crippen LogP contribution in [0.15, 0.2) is 17.5 Å². The Labute approximate surface area is 110 Å². The zero-order chi connectivity index (χ0) is 13.5. The number of carboxylic acids is 1. The number of thiophene rings is 1. The highest BCUT2D eigenvalue weighted by molar-refractivity contribution is 7.10. The number of nitrogens with two attached hydrogens (primary N) is 1. The van der Waals surface area contributed by atoms with Crippen molar-refractivity contribution in [1.29, 1.82) is 0 Å². The molecule has 0 aromatic carbocycles. The lowest BCUT2D eigenvalue weighted by atomic mass is 10.0. The second-order valence-corrected chi connectivity index (χ2v) is 4.99. The van der Waals surface area contributed by atoms with Gasteiger partial charge in [0.25, 0.3) is 0 Å². The molecule has 0 saturated carbocycles. The minimum Gasteiger partial charge on any atom is -0.481 e. The summed E-state index contributed by atoms with van der Waals surface area (Å²) in [5.41, 5.74) is 5.51. The molecular formula is C12H18N2O3S. The van der Waals surface area contributed by atoms with Gasteiger partial charge in [-0.1, -0.05) is 13.0 Å². The van der Waals surface area contributed by atoms with E-state index >= 15 is 0 Å². The van der Waals surface area contributed by atoms with Gasteiger partial charge >= 0.3 is 5.97 Å². The predicted octanol–water partition coefficient (Wildman–Crippen LogP) is 1.37. The van der Waals surface area contributed by atoms with E-state index in [1.807, 2.05) is 24.4 Å². The smallest absolute Gasteiger partial charge is 0.305 e. The maximum atomic E-state index is 11.9. The van der Waals surface area contributed by atoms with Crippen LogP contribution in [0.4, 0.5) is 0 Å². The summed E-state index contributed by atoms with van der Waals surface area (Å²) in [6, 6.07) is 3.18. The number of hydrogen-bond acceptors (Lipinski definition) is 4. The Hall–Kier alpha value is -1.40. The highest BCUT2D eigenvalue weighted by Crippen LogP contribution is 2.22. The second-order valence-electron chi connectivity index (χ2n) is 4.02. The minimum atomic E-state index is -0.936. The fraction of sp³-hybridized carbons (Fsp3) is 0.500. The Kier molecular flexibility index (Phi) is 5.80. The number of rotatable bonds is 7. The summed E-state index contributed by atoms with van der Waals surface area (Å²) in [7, 11) is 0. The van der Waals surface area contributed by atoms with Gasteiger partial charge in [-0.25, -0.2) is 0 Å². The van der Waals surface area contributed by atoms with Crippen LogP contribution in [-0.4, -0.2) is 23.5 Å². The van der Waals surface area contributed by atoms with Gasteiger partial charge in [0.05, 0.1) is 12.5 Å². The summed E-state index contributed by atoms with van der Waals surface area (Å²) in [6.07, 6.45) is 0.528. The molecule has 0 radical (unpaired) electrons. The molecule has 4 N–H and O–H groups in total. The van der Waals surface area contributed by atoms with Crippen LogP contribution >= 0.6 is 11.3 Å². The van der Waals surface area contributed by atoms with Crippen molar-refractivity contribution in [3.63, 3.8) is 0 Å². The molecular weight excluding hydrogens is 252 g/mol. The van der Waals surface area contributed by atoms with Crippen LogP contribution in [-0.2, 0) is 9.59 Å². The standard InChI is InChI=1S/C12H18N2O3S/c1-2-8(7-13)12(17)14-9(6-11(15)16)10-4-3-5-18-10/h3-5,8-9H,2,6-7,13H2,1H3,(H,14,17)(H,15,16). The van der Waals surface area contributed by atoms with Gasteiger partial charge in [0.1, 0.15) is 0 Å². The summed E-state index contributed by atoms with van der Waals surface area (Å²) in [5.74, 6) is -1.38. The van der Waals surface area contributed by atoms with Crippen molar-refractivity contribution in [2.45, 2.75) is 25.8 Å². The molecule has 0 fully saturated rings. The number of nitrogens with one attached hydrogen (secondary N) is 1. The number of hydrogen-bond donors (Lipinski definition) is 3. The van der Waals surface area contributed by atoms with Crippen molar-refractivity contribution in [1.82, 2.24) is 5.32 Å². The lowest BCUT2D eigenvalue weighted by molar-refractivity contribution is -0.137. The van der Waals surface area contributed by atoms with Crippen LogP contribution in [0.25, 0.3) is 0 Å². The summed E-state index contributed by atoms with van der Waals surface area (Å²) in [6.45, 7) is 2.15. The molecule has 1 aromatic rings. The molecule has 0 aliphatic heterocycles.